The second kappa shape index (κ2) is 8.47. The third kappa shape index (κ3) is 3.81. The van der Waals surface area contributed by atoms with E-state index < -0.39 is 40.6 Å². The van der Waals surface area contributed by atoms with E-state index in [1.165, 1.54) is 6.08 Å². The number of hydrogen-bond acceptors (Lipinski definition) is 7. The van der Waals surface area contributed by atoms with Gasteiger partial charge in [0, 0.05) is 5.56 Å². The van der Waals surface area contributed by atoms with Crippen molar-refractivity contribution in [3.63, 3.8) is 0 Å². The molecule has 0 saturated carbocycles. The highest BCUT2D eigenvalue weighted by molar-refractivity contribution is 6.17. The summed E-state index contributed by atoms with van der Waals surface area (Å²) in [5.41, 5.74) is -2.95. The summed E-state index contributed by atoms with van der Waals surface area (Å²) in [5, 5.41) is 0. The molecule has 2 atom stereocenters. The van der Waals surface area contributed by atoms with E-state index in [9.17, 15) is 14.4 Å². The number of aryl methyl sites for hydroxylation is 1. The minimum Gasteiger partial charge on any atom is -0.466 e. The van der Waals surface area contributed by atoms with E-state index in [-0.39, 0.29) is 5.41 Å². The average Bonchev–Trinajstić information content (AvgIpc) is 3.10. The van der Waals surface area contributed by atoms with Gasteiger partial charge in [0.1, 0.15) is 0 Å². The first kappa shape index (κ1) is 25.8. The smallest absolute Gasteiger partial charge is 0.354 e. The molecule has 1 aromatic rings. The zero-order valence-electron chi connectivity index (χ0n) is 21.4. The van der Waals surface area contributed by atoms with Crippen molar-refractivity contribution in [2.45, 2.75) is 66.0 Å². The van der Waals surface area contributed by atoms with Crippen molar-refractivity contribution in [3.8, 4) is 0 Å². The van der Waals surface area contributed by atoms with Crippen molar-refractivity contribution in [1.29, 1.82) is 0 Å². The Bertz CT molecular complexity index is 1050. The minimum atomic E-state index is -2.50. The lowest BCUT2D eigenvalue weighted by atomic mass is 9.62. The molecule has 0 unspecified atom stereocenters. The van der Waals surface area contributed by atoms with E-state index >= 15 is 0 Å². The number of rotatable bonds is 3. The normalized spacial score (nSPS) is 24.5. The van der Waals surface area contributed by atoms with E-state index in [4.69, 9.17) is 18.9 Å². The summed E-state index contributed by atoms with van der Waals surface area (Å²) >= 11 is 0. The molecule has 1 aliphatic carbocycles. The van der Waals surface area contributed by atoms with Gasteiger partial charge in [0.15, 0.2) is 12.1 Å². The van der Waals surface area contributed by atoms with Crippen molar-refractivity contribution in [2.24, 2.45) is 10.8 Å². The monoisotopic (exact) mass is 470 g/mol. The fourth-order valence-electron chi connectivity index (χ4n) is 4.46. The van der Waals surface area contributed by atoms with Crippen molar-refractivity contribution in [1.82, 2.24) is 0 Å². The molecule has 0 radical (unpaired) electrons. The Labute approximate surface area is 201 Å². The minimum absolute atomic E-state index is 0.372. The van der Waals surface area contributed by atoms with E-state index in [2.05, 4.69) is 0 Å². The number of carbonyl (C=O) groups excluding carboxylic acids is 3. The zero-order valence-corrected chi connectivity index (χ0v) is 21.4. The fourth-order valence-corrected chi connectivity index (χ4v) is 4.46. The van der Waals surface area contributed by atoms with Crippen LogP contribution in [0.2, 0.25) is 0 Å². The highest BCUT2D eigenvalue weighted by Gasteiger charge is 2.78. The number of methoxy groups -OCH3 is 2. The lowest BCUT2D eigenvalue weighted by molar-refractivity contribution is -0.191. The van der Waals surface area contributed by atoms with E-state index in [0.717, 1.165) is 25.4 Å². The quantitative estimate of drug-likeness (QED) is 0.478. The summed E-state index contributed by atoms with van der Waals surface area (Å²) in [4.78, 5) is 40.9. The van der Waals surface area contributed by atoms with Crippen LogP contribution >= 0.6 is 0 Å². The van der Waals surface area contributed by atoms with Gasteiger partial charge in [-0.3, -0.25) is 4.79 Å². The lowest BCUT2D eigenvalue weighted by Gasteiger charge is -2.45. The molecule has 1 saturated heterocycles. The van der Waals surface area contributed by atoms with E-state index in [0.29, 0.717) is 11.1 Å². The highest BCUT2D eigenvalue weighted by atomic mass is 16.8. The number of hydrogen-bond donors (Lipinski definition) is 0. The summed E-state index contributed by atoms with van der Waals surface area (Å²) in [7, 11) is 2.26. The maximum Gasteiger partial charge on any atom is 0.354 e. The SMILES string of the molecule is COC(=O)C1(C(=O)OC)O[C@H](c2ccc(C)cc2)O[C@@]12C(=O)C=C(C(C)(C)C)C=C2C(C)(C)C. The van der Waals surface area contributed by atoms with Crippen LogP contribution in [0.4, 0.5) is 0 Å². The molecule has 7 heteroatoms. The first-order valence-corrected chi connectivity index (χ1v) is 11.2. The van der Waals surface area contributed by atoms with Gasteiger partial charge in [-0.2, -0.15) is 0 Å². The molecule has 7 nitrogen and oxygen atoms in total. The number of allylic oxidation sites excluding steroid dienone is 2. The van der Waals surface area contributed by atoms with Crippen LogP contribution in [0.15, 0.2) is 47.6 Å². The summed E-state index contributed by atoms with van der Waals surface area (Å²) in [6.07, 6.45) is 2.07. The second-order valence-corrected chi connectivity index (χ2v) is 10.8. The third-order valence-electron chi connectivity index (χ3n) is 6.35. The van der Waals surface area contributed by atoms with E-state index in [1.54, 1.807) is 12.1 Å². The third-order valence-corrected chi connectivity index (χ3v) is 6.35. The molecular formula is C27H34O7. The Hall–Kier alpha value is -2.77. The van der Waals surface area contributed by atoms with Gasteiger partial charge >= 0.3 is 17.5 Å². The standard InChI is InChI=1S/C27H34O7/c1-16-10-12-17(13-11-16)21-33-26(27(34-21,22(29)31-8)23(30)32-9)19(25(5,6)7)14-18(15-20(26)28)24(2,3)4/h10-15,21H,1-9H3/t21-,26+/m1/s1. The van der Waals surface area contributed by atoms with Crippen molar-refractivity contribution in [2.75, 3.05) is 14.2 Å². The fraction of sp³-hybridized carbons (Fsp3) is 0.519. The first-order chi connectivity index (χ1) is 15.6. The maximum atomic E-state index is 14.1. The van der Waals surface area contributed by atoms with E-state index in [1.807, 2.05) is 66.7 Å². The van der Waals surface area contributed by atoms with Gasteiger partial charge in [0.25, 0.3) is 0 Å². The van der Waals surface area contributed by atoms with Crippen LogP contribution < -0.4 is 0 Å². The summed E-state index contributed by atoms with van der Waals surface area (Å²) in [6.45, 7) is 13.5. The van der Waals surface area contributed by atoms with Gasteiger partial charge < -0.3 is 18.9 Å². The van der Waals surface area contributed by atoms with Gasteiger partial charge in [-0.15, -0.1) is 0 Å². The summed E-state index contributed by atoms with van der Waals surface area (Å²) in [6, 6.07) is 7.24. The highest BCUT2D eigenvalue weighted by Crippen LogP contribution is 2.57. The number of ether oxygens (including phenoxy) is 4. The Morgan fingerprint density at radius 2 is 1.38 bits per heavy atom. The molecule has 0 amide bonds. The molecule has 1 aromatic carbocycles. The number of esters is 2. The summed E-state index contributed by atoms with van der Waals surface area (Å²) < 4.78 is 22.6. The van der Waals surface area contributed by atoms with Gasteiger partial charge in [-0.1, -0.05) is 77.4 Å². The molecular weight excluding hydrogens is 436 g/mol. The molecule has 0 bridgehead atoms. The molecule has 1 fully saturated rings. The number of benzene rings is 1. The molecule has 34 heavy (non-hydrogen) atoms. The van der Waals surface area contributed by atoms with Crippen molar-refractivity contribution in [3.05, 3.63) is 58.7 Å². The summed E-state index contributed by atoms with van der Waals surface area (Å²) in [5.74, 6) is -2.70. The van der Waals surface area contributed by atoms with Crippen LogP contribution in [-0.4, -0.2) is 43.1 Å². The van der Waals surface area contributed by atoms with Crippen LogP contribution in [-0.2, 0) is 33.3 Å². The molecule has 1 spiro atoms. The predicted molar refractivity (Wildman–Crippen MR) is 126 cm³/mol. The second-order valence-electron chi connectivity index (χ2n) is 10.8. The molecule has 0 N–H and O–H groups in total. The Balaban J connectivity index is 2.39. The largest absolute Gasteiger partial charge is 0.466 e. The van der Waals surface area contributed by atoms with Gasteiger partial charge in [-0.25, -0.2) is 9.59 Å². The molecule has 1 aliphatic heterocycles. The van der Waals surface area contributed by atoms with Crippen LogP contribution in [0.25, 0.3) is 0 Å². The Morgan fingerprint density at radius 1 is 0.853 bits per heavy atom. The van der Waals surface area contributed by atoms with Crippen LogP contribution in [0.5, 0.6) is 0 Å². The molecule has 3 rings (SSSR count). The Morgan fingerprint density at radius 3 is 1.82 bits per heavy atom. The number of ketones is 1. The molecule has 0 aromatic heterocycles. The number of carbonyl (C=O) groups is 3. The zero-order chi connectivity index (χ0) is 25.7. The van der Waals surface area contributed by atoms with Crippen molar-refractivity contribution >= 4 is 17.7 Å². The van der Waals surface area contributed by atoms with Crippen LogP contribution in [0, 0.1) is 17.8 Å². The lowest BCUT2D eigenvalue weighted by Crippen LogP contribution is -2.69. The van der Waals surface area contributed by atoms with Crippen LogP contribution in [0.3, 0.4) is 0 Å². The van der Waals surface area contributed by atoms with Gasteiger partial charge in [-0.05, 0) is 35.0 Å². The van der Waals surface area contributed by atoms with Gasteiger partial charge in [0.2, 0.25) is 5.60 Å². The van der Waals surface area contributed by atoms with Crippen LogP contribution in [0.1, 0.15) is 59.0 Å². The Kier molecular flexibility index (Phi) is 6.44. The first-order valence-electron chi connectivity index (χ1n) is 11.2. The van der Waals surface area contributed by atoms with Crippen molar-refractivity contribution < 1.29 is 33.3 Å². The maximum absolute atomic E-state index is 14.1. The predicted octanol–water partition coefficient (Wildman–Crippen LogP) is 4.39. The average molecular weight is 471 g/mol. The topological polar surface area (TPSA) is 88.1 Å². The molecule has 1 heterocycles. The van der Waals surface area contributed by atoms with Gasteiger partial charge in [0.05, 0.1) is 14.2 Å². The molecule has 184 valence electrons. The molecule has 2 aliphatic rings.